The number of thiophene rings is 1. The van der Waals surface area contributed by atoms with Crippen molar-refractivity contribution < 1.29 is 13.9 Å². The van der Waals surface area contributed by atoms with E-state index in [9.17, 15) is 4.79 Å². The van der Waals surface area contributed by atoms with Crippen LogP contribution >= 0.6 is 11.3 Å². The van der Waals surface area contributed by atoms with Gasteiger partial charge < -0.3 is 19.8 Å². The number of carbonyl (C=O) groups is 1. The summed E-state index contributed by atoms with van der Waals surface area (Å²) in [5, 5.41) is 8.08. The Morgan fingerprint density at radius 2 is 2.52 bits per heavy atom. The van der Waals surface area contributed by atoms with E-state index in [1.807, 2.05) is 17.5 Å². The quantitative estimate of drug-likeness (QED) is 0.873. The molecule has 6 nitrogen and oxygen atoms in total. The average Bonchev–Trinajstić information content (AvgIpc) is 3.17. The number of ether oxygens (including phenoxy) is 1. The first-order valence-electron chi connectivity index (χ1n) is 6.87. The summed E-state index contributed by atoms with van der Waals surface area (Å²) in [6.07, 6.45) is 1.99. The molecule has 1 atom stereocenters. The zero-order valence-electron chi connectivity index (χ0n) is 11.5. The molecule has 1 amide bonds. The molecule has 7 heteroatoms. The smallest absolute Gasteiger partial charge is 0.236 e. The third-order valence-corrected chi connectivity index (χ3v) is 4.04. The molecule has 1 unspecified atom stereocenters. The van der Waals surface area contributed by atoms with Gasteiger partial charge in [-0.3, -0.25) is 4.79 Å². The molecule has 2 aromatic heterocycles. The minimum Gasteiger partial charge on any atom is -0.443 e. The second-order valence-electron chi connectivity index (χ2n) is 4.83. The molecule has 2 N–H and O–H groups in total. The lowest BCUT2D eigenvalue weighted by atomic mass is 10.2. The molecular weight excluding hydrogens is 290 g/mol. The minimum atomic E-state index is -0.0151. The number of hydrogen-bond acceptors (Lipinski definition) is 6. The van der Waals surface area contributed by atoms with Gasteiger partial charge in [0.1, 0.15) is 6.26 Å². The summed E-state index contributed by atoms with van der Waals surface area (Å²) in [4.78, 5) is 17.2. The molecule has 3 heterocycles. The van der Waals surface area contributed by atoms with E-state index in [1.54, 1.807) is 17.6 Å². The predicted octanol–water partition coefficient (Wildman–Crippen LogP) is 1.40. The van der Waals surface area contributed by atoms with Crippen molar-refractivity contribution in [3.63, 3.8) is 0 Å². The van der Waals surface area contributed by atoms with Crippen LogP contribution in [0.5, 0.6) is 0 Å². The third kappa shape index (κ3) is 3.90. The van der Waals surface area contributed by atoms with Crippen LogP contribution in [0.2, 0.25) is 0 Å². The van der Waals surface area contributed by atoms with Gasteiger partial charge in [0, 0.05) is 19.0 Å². The van der Waals surface area contributed by atoms with Crippen LogP contribution in [0.15, 0.2) is 28.2 Å². The van der Waals surface area contributed by atoms with Crippen molar-refractivity contribution in [2.24, 2.45) is 0 Å². The Kier molecular flexibility index (Phi) is 4.64. The number of hydrogen-bond donors (Lipinski definition) is 2. The lowest BCUT2D eigenvalue weighted by Crippen LogP contribution is -2.44. The van der Waals surface area contributed by atoms with Crippen molar-refractivity contribution in [2.45, 2.75) is 19.0 Å². The third-order valence-electron chi connectivity index (χ3n) is 3.18. The summed E-state index contributed by atoms with van der Waals surface area (Å²) in [7, 11) is 0. The Bertz CT molecular complexity index is 576. The van der Waals surface area contributed by atoms with E-state index in [-0.39, 0.29) is 11.9 Å². The van der Waals surface area contributed by atoms with Crippen LogP contribution in [0.3, 0.4) is 0 Å². The first-order valence-corrected chi connectivity index (χ1v) is 7.75. The van der Waals surface area contributed by atoms with Gasteiger partial charge in [-0.05, 0) is 11.4 Å². The Hall–Kier alpha value is -1.70. The normalized spacial score (nSPS) is 18.6. The zero-order chi connectivity index (χ0) is 14.5. The van der Waals surface area contributed by atoms with E-state index >= 15 is 0 Å². The lowest BCUT2D eigenvalue weighted by molar-refractivity contribution is -0.122. The number of oxazole rings is 1. The second-order valence-corrected chi connectivity index (χ2v) is 5.78. The van der Waals surface area contributed by atoms with Crippen LogP contribution in [-0.2, 0) is 16.1 Å². The monoisotopic (exact) mass is 307 g/mol. The topological polar surface area (TPSA) is 76.4 Å². The molecule has 0 spiro atoms. The molecule has 2 aromatic rings. The Morgan fingerprint density at radius 1 is 1.57 bits per heavy atom. The molecule has 0 radical (unpaired) electrons. The van der Waals surface area contributed by atoms with Gasteiger partial charge >= 0.3 is 0 Å². The van der Waals surface area contributed by atoms with Gasteiger partial charge in [0.2, 0.25) is 11.8 Å². The van der Waals surface area contributed by atoms with E-state index in [4.69, 9.17) is 9.15 Å². The van der Waals surface area contributed by atoms with Gasteiger partial charge in [-0.25, -0.2) is 4.98 Å². The van der Waals surface area contributed by atoms with Crippen molar-refractivity contribution >= 4 is 17.2 Å². The van der Waals surface area contributed by atoms with Crippen LogP contribution in [0.25, 0.3) is 10.8 Å². The van der Waals surface area contributed by atoms with Gasteiger partial charge in [0.25, 0.3) is 0 Å². The molecule has 0 aliphatic carbocycles. The predicted molar refractivity (Wildman–Crippen MR) is 78.9 cm³/mol. The van der Waals surface area contributed by atoms with E-state index in [2.05, 4.69) is 15.6 Å². The lowest BCUT2D eigenvalue weighted by Gasteiger charge is -2.23. The highest BCUT2D eigenvalue weighted by atomic mass is 32.1. The van der Waals surface area contributed by atoms with Crippen LogP contribution in [0.1, 0.15) is 12.1 Å². The second kappa shape index (κ2) is 6.84. The van der Waals surface area contributed by atoms with Crippen molar-refractivity contribution in [2.75, 3.05) is 19.8 Å². The van der Waals surface area contributed by atoms with Crippen molar-refractivity contribution in [1.82, 2.24) is 15.6 Å². The highest BCUT2D eigenvalue weighted by Crippen LogP contribution is 2.23. The van der Waals surface area contributed by atoms with Gasteiger partial charge in [-0.1, -0.05) is 6.07 Å². The molecule has 1 saturated heterocycles. The minimum absolute atomic E-state index is 0.0151. The number of carbonyl (C=O) groups excluding carboxylic acids is 1. The van der Waals surface area contributed by atoms with Crippen LogP contribution in [-0.4, -0.2) is 36.7 Å². The average molecular weight is 307 g/mol. The van der Waals surface area contributed by atoms with E-state index in [1.165, 1.54) is 0 Å². The molecule has 0 bridgehead atoms. The summed E-state index contributed by atoms with van der Waals surface area (Å²) >= 11 is 1.57. The van der Waals surface area contributed by atoms with Gasteiger partial charge in [0.05, 0.1) is 30.3 Å². The fourth-order valence-corrected chi connectivity index (χ4v) is 2.79. The zero-order valence-corrected chi connectivity index (χ0v) is 12.3. The Morgan fingerprint density at radius 3 is 3.29 bits per heavy atom. The summed E-state index contributed by atoms with van der Waals surface area (Å²) in [5.41, 5.74) is 0.722. The van der Waals surface area contributed by atoms with Gasteiger partial charge in [-0.2, -0.15) is 0 Å². The van der Waals surface area contributed by atoms with E-state index in [0.29, 0.717) is 32.1 Å². The summed E-state index contributed by atoms with van der Waals surface area (Å²) in [6, 6.07) is 4.00. The van der Waals surface area contributed by atoms with E-state index < -0.39 is 0 Å². The molecular formula is C14H17N3O3S. The van der Waals surface area contributed by atoms with Crippen molar-refractivity contribution in [3.8, 4) is 10.8 Å². The van der Waals surface area contributed by atoms with Crippen LogP contribution < -0.4 is 10.6 Å². The Labute approximate surface area is 126 Å². The molecule has 1 aliphatic rings. The van der Waals surface area contributed by atoms with Crippen LogP contribution in [0, 0.1) is 0 Å². The first-order chi connectivity index (χ1) is 10.3. The first kappa shape index (κ1) is 14.2. The maximum Gasteiger partial charge on any atom is 0.236 e. The number of aromatic nitrogens is 1. The maximum atomic E-state index is 11.9. The number of nitrogens with zero attached hydrogens (tertiary/aromatic N) is 1. The standard InChI is InChI=1S/C14H17N3O3S/c18-13(6-10-8-19-4-3-15-10)16-7-11-9-20-14(17-11)12-2-1-5-21-12/h1-2,5,9-10,15H,3-4,6-8H2,(H,16,18). The van der Waals surface area contributed by atoms with Crippen molar-refractivity contribution in [1.29, 1.82) is 0 Å². The SMILES string of the molecule is O=C(CC1COCCN1)NCc1coc(-c2cccs2)n1. The highest BCUT2D eigenvalue weighted by Gasteiger charge is 2.17. The Balaban J connectivity index is 1.47. The molecule has 21 heavy (non-hydrogen) atoms. The van der Waals surface area contributed by atoms with E-state index in [0.717, 1.165) is 17.1 Å². The molecule has 1 aliphatic heterocycles. The summed E-state index contributed by atoms with van der Waals surface area (Å²) < 4.78 is 10.7. The summed E-state index contributed by atoms with van der Waals surface area (Å²) in [5.74, 6) is 0.579. The van der Waals surface area contributed by atoms with Gasteiger partial charge in [-0.15, -0.1) is 11.3 Å². The van der Waals surface area contributed by atoms with Gasteiger partial charge in [0.15, 0.2) is 0 Å². The van der Waals surface area contributed by atoms with Crippen molar-refractivity contribution in [3.05, 3.63) is 29.5 Å². The fourth-order valence-electron chi connectivity index (χ4n) is 2.14. The molecule has 1 fully saturated rings. The molecule has 3 rings (SSSR count). The number of morpholine rings is 1. The molecule has 112 valence electrons. The largest absolute Gasteiger partial charge is 0.443 e. The molecule has 0 aromatic carbocycles. The van der Waals surface area contributed by atoms with Crippen LogP contribution in [0.4, 0.5) is 0 Å². The number of rotatable bonds is 5. The number of amides is 1. The fraction of sp³-hybridized carbons (Fsp3) is 0.429. The summed E-state index contributed by atoms with van der Waals surface area (Å²) in [6.45, 7) is 2.47. The number of nitrogens with one attached hydrogen (secondary N) is 2. The molecule has 0 saturated carbocycles. The maximum absolute atomic E-state index is 11.9. The highest BCUT2D eigenvalue weighted by molar-refractivity contribution is 7.13.